The van der Waals surface area contributed by atoms with E-state index in [1.54, 1.807) is 47.8 Å². The zero-order valence-corrected chi connectivity index (χ0v) is 20.1. The van der Waals surface area contributed by atoms with Crippen molar-refractivity contribution >= 4 is 52.1 Å². The predicted molar refractivity (Wildman–Crippen MR) is 135 cm³/mol. The molecule has 172 valence electrons. The van der Waals surface area contributed by atoms with Crippen molar-refractivity contribution in [3.05, 3.63) is 75.1 Å². The number of halogens is 1. The third kappa shape index (κ3) is 6.63. The molecule has 0 atom stereocenters. The van der Waals surface area contributed by atoms with Crippen LogP contribution in [0.5, 0.6) is 0 Å². The Morgan fingerprint density at radius 3 is 2.42 bits per heavy atom. The Bertz CT molecular complexity index is 1110. The van der Waals surface area contributed by atoms with Crippen molar-refractivity contribution in [3.8, 4) is 0 Å². The first-order valence-electron chi connectivity index (χ1n) is 10.6. The first kappa shape index (κ1) is 24.4. The standard InChI is InChI=1S/C24H26ClN5O2S/c1-3-4-5-13-30(2)22(26)16-6-8-17(9-7-16)23(31)28-19-12-14-33-21(19)24(32)29-20-11-10-18(25)15-27-20/h6-12,14-15,26H,3-5,13H2,1-2H3,(H,28,31)(H,27,29,32). The second-order valence-electron chi connectivity index (χ2n) is 7.49. The van der Waals surface area contributed by atoms with Crippen molar-refractivity contribution in [2.24, 2.45) is 0 Å². The summed E-state index contributed by atoms with van der Waals surface area (Å²) < 4.78 is 0. The number of pyridine rings is 1. The molecule has 3 aromatic rings. The van der Waals surface area contributed by atoms with E-state index in [4.69, 9.17) is 17.0 Å². The van der Waals surface area contributed by atoms with Gasteiger partial charge < -0.3 is 15.5 Å². The molecule has 2 heterocycles. The summed E-state index contributed by atoms with van der Waals surface area (Å²) in [5.74, 6) is 0.0879. The van der Waals surface area contributed by atoms with Gasteiger partial charge in [-0.2, -0.15) is 0 Å². The average molecular weight is 484 g/mol. The number of carbonyl (C=O) groups excluding carboxylic acids is 2. The quantitative estimate of drug-likeness (QED) is 0.205. The van der Waals surface area contributed by atoms with Crippen LogP contribution in [0.2, 0.25) is 5.02 Å². The van der Waals surface area contributed by atoms with Crippen molar-refractivity contribution in [1.29, 1.82) is 5.41 Å². The van der Waals surface area contributed by atoms with E-state index in [-0.39, 0.29) is 11.8 Å². The number of carbonyl (C=O) groups is 2. The summed E-state index contributed by atoms with van der Waals surface area (Å²) in [6.07, 6.45) is 4.76. The Morgan fingerprint density at radius 2 is 1.76 bits per heavy atom. The first-order valence-corrected chi connectivity index (χ1v) is 11.9. The molecule has 7 nitrogen and oxygen atoms in total. The second-order valence-corrected chi connectivity index (χ2v) is 8.84. The average Bonchev–Trinajstić information content (AvgIpc) is 3.28. The van der Waals surface area contributed by atoms with Crippen LogP contribution in [-0.4, -0.2) is 41.1 Å². The number of hydrogen-bond donors (Lipinski definition) is 3. The Kier molecular flexibility index (Phi) is 8.57. The van der Waals surface area contributed by atoms with E-state index in [2.05, 4.69) is 22.5 Å². The molecular formula is C24H26ClN5O2S. The van der Waals surface area contributed by atoms with Gasteiger partial charge in [0.2, 0.25) is 0 Å². The summed E-state index contributed by atoms with van der Waals surface area (Å²) in [5.41, 5.74) is 1.61. The van der Waals surface area contributed by atoms with Gasteiger partial charge in [0.25, 0.3) is 11.8 Å². The molecule has 0 aliphatic carbocycles. The zero-order valence-electron chi connectivity index (χ0n) is 18.5. The highest BCUT2D eigenvalue weighted by molar-refractivity contribution is 7.12. The van der Waals surface area contributed by atoms with Crippen molar-refractivity contribution in [3.63, 3.8) is 0 Å². The molecule has 0 saturated heterocycles. The molecule has 2 aromatic heterocycles. The fourth-order valence-corrected chi connectivity index (χ4v) is 3.97. The summed E-state index contributed by atoms with van der Waals surface area (Å²) in [5, 5.41) is 16.1. The Balaban J connectivity index is 1.63. The Labute approximate surface area is 202 Å². The highest BCUT2D eigenvalue weighted by Gasteiger charge is 2.17. The lowest BCUT2D eigenvalue weighted by molar-refractivity contribution is 0.102. The maximum absolute atomic E-state index is 12.7. The van der Waals surface area contributed by atoms with Crippen LogP contribution in [-0.2, 0) is 0 Å². The van der Waals surface area contributed by atoms with Gasteiger partial charge in [0.15, 0.2) is 0 Å². The molecule has 0 aliphatic heterocycles. The van der Waals surface area contributed by atoms with Gasteiger partial charge in [0.1, 0.15) is 16.5 Å². The number of nitrogens with zero attached hydrogens (tertiary/aromatic N) is 2. The van der Waals surface area contributed by atoms with Crippen LogP contribution in [0.25, 0.3) is 0 Å². The molecule has 0 aliphatic rings. The lowest BCUT2D eigenvalue weighted by Crippen LogP contribution is -2.27. The molecule has 0 saturated carbocycles. The van der Waals surface area contributed by atoms with E-state index in [0.29, 0.717) is 32.8 Å². The third-order valence-corrected chi connectivity index (χ3v) is 6.12. The highest BCUT2D eigenvalue weighted by Crippen LogP contribution is 2.24. The van der Waals surface area contributed by atoms with Crippen molar-refractivity contribution < 1.29 is 9.59 Å². The van der Waals surface area contributed by atoms with Crippen molar-refractivity contribution in [2.75, 3.05) is 24.2 Å². The lowest BCUT2D eigenvalue weighted by Gasteiger charge is -2.20. The smallest absolute Gasteiger partial charge is 0.269 e. The number of hydrogen-bond acceptors (Lipinski definition) is 5. The number of unbranched alkanes of at least 4 members (excludes halogenated alkanes) is 2. The summed E-state index contributed by atoms with van der Waals surface area (Å²) >= 11 is 7.04. The van der Waals surface area contributed by atoms with Gasteiger partial charge in [0, 0.05) is 30.9 Å². The zero-order chi connectivity index (χ0) is 23.8. The number of aromatic nitrogens is 1. The van der Waals surface area contributed by atoms with Crippen LogP contribution < -0.4 is 10.6 Å². The molecule has 33 heavy (non-hydrogen) atoms. The van der Waals surface area contributed by atoms with Crippen LogP contribution >= 0.6 is 22.9 Å². The van der Waals surface area contributed by atoms with Gasteiger partial charge in [0.05, 0.1) is 10.7 Å². The van der Waals surface area contributed by atoms with Crippen molar-refractivity contribution in [1.82, 2.24) is 9.88 Å². The third-order valence-electron chi connectivity index (χ3n) is 4.99. The lowest BCUT2D eigenvalue weighted by atomic mass is 10.1. The second kappa shape index (κ2) is 11.6. The van der Waals surface area contributed by atoms with Gasteiger partial charge in [-0.1, -0.05) is 43.5 Å². The van der Waals surface area contributed by atoms with Crippen molar-refractivity contribution in [2.45, 2.75) is 26.2 Å². The number of benzene rings is 1. The van der Waals surface area contributed by atoms with Gasteiger partial charge in [-0.3, -0.25) is 15.0 Å². The number of anilines is 2. The SMILES string of the molecule is CCCCCN(C)C(=N)c1ccc(C(=O)Nc2ccsc2C(=O)Nc2ccc(Cl)cn2)cc1. The van der Waals surface area contributed by atoms with E-state index in [1.807, 2.05) is 11.9 Å². The molecule has 0 bridgehead atoms. The number of amides is 2. The van der Waals surface area contributed by atoms with E-state index < -0.39 is 0 Å². The van der Waals surface area contributed by atoms with Crippen LogP contribution in [0, 0.1) is 5.41 Å². The molecule has 9 heteroatoms. The Hall–Kier alpha value is -3.23. The number of thiophene rings is 1. The van der Waals surface area contributed by atoms with E-state index in [0.717, 1.165) is 31.4 Å². The molecule has 2 amide bonds. The fourth-order valence-electron chi connectivity index (χ4n) is 3.11. The minimum atomic E-state index is -0.370. The maximum Gasteiger partial charge on any atom is 0.269 e. The normalized spacial score (nSPS) is 10.5. The van der Waals surface area contributed by atoms with Crippen LogP contribution in [0.4, 0.5) is 11.5 Å². The van der Waals surface area contributed by atoms with Crippen LogP contribution in [0.15, 0.2) is 54.0 Å². The molecule has 0 fully saturated rings. The Morgan fingerprint density at radius 1 is 1.03 bits per heavy atom. The molecule has 3 N–H and O–H groups in total. The molecule has 3 rings (SSSR count). The minimum Gasteiger partial charge on any atom is -0.360 e. The summed E-state index contributed by atoms with van der Waals surface area (Å²) in [7, 11) is 1.90. The number of amidine groups is 1. The number of rotatable bonds is 9. The van der Waals surface area contributed by atoms with Gasteiger partial charge in [-0.15, -0.1) is 11.3 Å². The predicted octanol–water partition coefficient (Wildman–Crippen LogP) is 5.75. The monoisotopic (exact) mass is 483 g/mol. The molecule has 0 unspecified atom stereocenters. The van der Waals surface area contributed by atoms with Gasteiger partial charge >= 0.3 is 0 Å². The molecule has 0 spiro atoms. The summed E-state index contributed by atoms with van der Waals surface area (Å²) in [6, 6.07) is 11.8. The van der Waals surface area contributed by atoms with E-state index in [9.17, 15) is 9.59 Å². The molecule has 0 radical (unpaired) electrons. The van der Waals surface area contributed by atoms with E-state index in [1.165, 1.54) is 17.5 Å². The van der Waals surface area contributed by atoms with Crippen LogP contribution in [0.1, 0.15) is 51.8 Å². The van der Waals surface area contributed by atoms with Crippen LogP contribution in [0.3, 0.4) is 0 Å². The maximum atomic E-state index is 12.7. The largest absolute Gasteiger partial charge is 0.360 e. The first-order chi connectivity index (χ1) is 15.9. The minimum absolute atomic E-state index is 0.332. The molecule has 1 aromatic carbocycles. The highest BCUT2D eigenvalue weighted by atomic mass is 35.5. The molecular weight excluding hydrogens is 458 g/mol. The van der Waals surface area contributed by atoms with Gasteiger partial charge in [-0.25, -0.2) is 4.98 Å². The fraction of sp³-hybridized carbons (Fsp3) is 0.250. The van der Waals surface area contributed by atoms with E-state index >= 15 is 0 Å². The van der Waals surface area contributed by atoms with Gasteiger partial charge in [-0.05, 0) is 42.1 Å². The topological polar surface area (TPSA) is 98.2 Å². The summed E-state index contributed by atoms with van der Waals surface area (Å²) in [4.78, 5) is 31.7. The summed E-state index contributed by atoms with van der Waals surface area (Å²) in [6.45, 7) is 2.97. The number of nitrogens with one attached hydrogen (secondary N) is 3.